The zero-order valence-electron chi connectivity index (χ0n) is 14.8. The molecule has 1 saturated heterocycles. The van der Waals surface area contributed by atoms with Gasteiger partial charge in [0.25, 0.3) is 5.89 Å². The molecule has 2 aromatic carbocycles. The number of halogens is 2. The average Bonchev–Trinajstić information content (AvgIpc) is 3.19. The van der Waals surface area contributed by atoms with Crippen LogP contribution in [0.3, 0.4) is 0 Å². The maximum absolute atomic E-state index is 13.1. The standard InChI is InChI=1S/C19H17ClFN3O3S/c20-15-3-1-14(2-4-15)19-22-18(23-27-19)13-9-11-24(12-10-13)28(25,26)17-7-5-16(21)6-8-17/h1-8,13H,9-12H2. The number of hydrogen-bond acceptors (Lipinski definition) is 5. The molecule has 1 fully saturated rings. The van der Waals surface area contributed by atoms with Crippen LogP contribution in [-0.4, -0.2) is 36.0 Å². The van der Waals surface area contributed by atoms with Gasteiger partial charge in [-0.1, -0.05) is 16.8 Å². The van der Waals surface area contributed by atoms with Gasteiger partial charge < -0.3 is 4.52 Å². The molecule has 9 heteroatoms. The third-order valence-electron chi connectivity index (χ3n) is 4.80. The SMILES string of the molecule is O=S(=O)(c1ccc(F)cc1)N1CCC(c2noc(-c3ccc(Cl)cc3)n2)CC1. The van der Waals surface area contributed by atoms with Crippen LogP contribution in [0.2, 0.25) is 5.02 Å². The number of sulfonamides is 1. The smallest absolute Gasteiger partial charge is 0.257 e. The Morgan fingerprint density at radius 2 is 1.68 bits per heavy atom. The van der Waals surface area contributed by atoms with Crippen LogP contribution in [0.1, 0.15) is 24.6 Å². The summed E-state index contributed by atoms with van der Waals surface area (Å²) in [5, 5.41) is 4.69. The van der Waals surface area contributed by atoms with Crippen molar-refractivity contribution in [3.8, 4) is 11.5 Å². The first-order chi connectivity index (χ1) is 13.4. The summed E-state index contributed by atoms with van der Waals surface area (Å²) in [5.41, 5.74) is 0.777. The van der Waals surface area contributed by atoms with E-state index in [2.05, 4.69) is 10.1 Å². The molecule has 28 heavy (non-hydrogen) atoms. The highest BCUT2D eigenvalue weighted by molar-refractivity contribution is 7.89. The fourth-order valence-corrected chi connectivity index (χ4v) is 4.82. The van der Waals surface area contributed by atoms with Gasteiger partial charge in [0, 0.05) is 29.6 Å². The molecule has 0 amide bonds. The van der Waals surface area contributed by atoms with E-state index < -0.39 is 15.8 Å². The Morgan fingerprint density at radius 1 is 1.04 bits per heavy atom. The minimum Gasteiger partial charge on any atom is -0.334 e. The van der Waals surface area contributed by atoms with Gasteiger partial charge in [0.1, 0.15) is 5.82 Å². The summed E-state index contributed by atoms with van der Waals surface area (Å²) in [6.45, 7) is 0.685. The van der Waals surface area contributed by atoms with Gasteiger partial charge in [0.15, 0.2) is 5.82 Å². The number of aromatic nitrogens is 2. The Hall–Kier alpha value is -2.29. The quantitative estimate of drug-likeness (QED) is 0.634. The third-order valence-corrected chi connectivity index (χ3v) is 6.97. The fraction of sp³-hybridized carbons (Fsp3) is 0.263. The van der Waals surface area contributed by atoms with E-state index in [0.717, 1.165) is 17.7 Å². The van der Waals surface area contributed by atoms with Crippen molar-refractivity contribution in [1.29, 1.82) is 0 Å². The summed E-state index contributed by atoms with van der Waals surface area (Å²) in [7, 11) is -3.64. The summed E-state index contributed by atoms with van der Waals surface area (Å²) in [6, 6.07) is 12.0. The Morgan fingerprint density at radius 3 is 2.32 bits per heavy atom. The highest BCUT2D eigenvalue weighted by Crippen LogP contribution is 2.30. The molecule has 146 valence electrons. The number of rotatable bonds is 4. The van der Waals surface area contributed by atoms with Crippen molar-refractivity contribution in [3.63, 3.8) is 0 Å². The van der Waals surface area contributed by atoms with Crippen molar-refractivity contribution < 1.29 is 17.3 Å². The highest BCUT2D eigenvalue weighted by atomic mass is 35.5. The zero-order valence-corrected chi connectivity index (χ0v) is 16.3. The van der Waals surface area contributed by atoms with Gasteiger partial charge in [-0.3, -0.25) is 0 Å². The van der Waals surface area contributed by atoms with Crippen molar-refractivity contribution in [1.82, 2.24) is 14.4 Å². The van der Waals surface area contributed by atoms with Crippen molar-refractivity contribution >= 4 is 21.6 Å². The van der Waals surface area contributed by atoms with Crippen LogP contribution in [0.25, 0.3) is 11.5 Å². The summed E-state index contributed by atoms with van der Waals surface area (Å²) < 4.78 is 45.2. The Kier molecular flexibility index (Phi) is 5.18. The molecule has 1 aliphatic rings. The van der Waals surface area contributed by atoms with Crippen LogP contribution in [0, 0.1) is 5.82 Å². The van der Waals surface area contributed by atoms with E-state index in [1.54, 1.807) is 24.3 Å². The molecule has 0 atom stereocenters. The molecule has 0 unspecified atom stereocenters. The monoisotopic (exact) mass is 421 g/mol. The molecule has 0 radical (unpaired) electrons. The van der Waals surface area contributed by atoms with E-state index in [9.17, 15) is 12.8 Å². The summed E-state index contributed by atoms with van der Waals surface area (Å²) in [6.07, 6.45) is 1.17. The van der Waals surface area contributed by atoms with E-state index in [0.29, 0.717) is 42.7 Å². The molecule has 3 aromatic rings. The van der Waals surface area contributed by atoms with Crippen LogP contribution in [-0.2, 0) is 10.0 Å². The van der Waals surface area contributed by atoms with Crippen molar-refractivity contribution in [3.05, 3.63) is 65.2 Å². The lowest BCUT2D eigenvalue weighted by atomic mass is 9.97. The zero-order chi connectivity index (χ0) is 19.7. The van der Waals surface area contributed by atoms with Crippen LogP contribution in [0.15, 0.2) is 57.9 Å². The maximum atomic E-state index is 13.1. The second kappa shape index (κ2) is 7.62. The fourth-order valence-electron chi connectivity index (χ4n) is 3.22. The Balaban J connectivity index is 1.44. The largest absolute Gasteiger partial charge is 0.334 e. The van der Waals surface area contributed by atoms with E-state index >= 15 is 0 Å². The lowest BCUT2D eigenvalue weighted by molar-refractivity contribution is 0.307. The van der Waals surface area contributed by atoms with Gasteiger partial charge in [-0.25, -0.2) is 12.8 Å². The summed E-state index contributed by atoms with van der Waals surface area (Å²) in [5.74, 6) is 0.535. The molecular weight excluding hydrogens is 405 g/mol. The lowest BCUT2D eigenvalue weighted by Crippen LogP contribution is -2.38. The molecule has 1 aromatic heterocycles. The van der Waals surface area contributed by atoms with E-state index in [1.165, 1.54) is 16.4 Å². The van der Waals surface area contributed by atoms with Crippen molar-refractivity contribution in [2.24, 2.45) is 0 Å². The highest BCUT2D eigenvalue weighted by Gasteiger charge is 2.31. The normalized spacial score (nSPS) is 16.4. The number of hydrogen-bond donors (Lipinski definition) is 0. The molecule has 2 heterocycles. The molecule has 0 aliphatic carbocycles. The van der Waals surface area contributed by atoms with E-state index in [-0.39, 0.29) is 10.8 Å². The Bertz CT molecular complexity index is 1060. The number of nitrogens with zero attached hydrogens (tertiary/aromatic N) is 3. The maximum Gasteiger partial charge on any atom is 0.257 e. The first kappa shape index (κ1) is 19.0. The summed E-state index contributed by atoms with van der Waals surface area (Å²) >= 11 is 5.89. The first-order valence-corrected chi connectivity index (χ1v) is 10.6. The van der Waals surface area contributed by atoms with Crippen LogP contribution >= 0.6 is 11.6 Å². The Labute approximate surface area is 167 Å². The second-order valence-electron chi connectivity index (χ2n) is 6.60. The summed E-state index contributed by atoms with van der Waals surface area (Å²) in [4.78, 5) is 4.55. The van der Waals surface area contributed by atoms with Crippen LogP contribution in [0.4, 0.5) is 4.39 Å². The molecule has 1 aliphatic heterocycles. The molecule has 6 nitrogen and oxygen atoms in total. The first-order valence-electron chi connectivity index (χ1n) is 8.79. The second-order valence-corrected chi connectivity index (χ2v) is 8.97. The predicted octanol–water partition coefficient (Wildman–Crippen LogP) is 4.10. The topological polar surface area (TPSA) is 76.3 Å². The van der Waals surface area contributed by atoms with E-state index in [4.69, 9.17) is 16.1 Å². The number of piperidine rings is 1. The molecule has 0 spiro atoms. The average molecular weight is 422 g/mol. The molecule has 0 saturated carbocycles. The minimum absolute atomic E-state index is 0.0180. The van der Waals surface area contributed by atoms with Gasteiger partial charge in [-0.15, -0.1) is 0 Å². The molecule has 0 N–H and O–H groups in total. The lowest BCUT2D eigenvalue weighted by Gasteiger charge is -2.29. The molecule has 0 bridgehead atoms. The molecular formula is C19H17ClFN3O3S. The van der Waals surface area contributed by atoms with Gasteiger partial charge in [0.2, 0.25) is 10.0 Å². The van der Waals surface area contributed by atoms with Crippen molar-refractivity contribution in [2.45, 2.75) is 23.7 Å². The molecule has 4 rings (SSSR count). The van der Waals surface area contributed by atoms with Gasteiger partial charge in [-0.05, 0) is 61.4 Å². The van der Waals surface area contributed by atoms with E-state index in [1.807, 2.05) is 0 Å². The van der Waals surface area contributed by atoms with Gasteiger partial charge in [-0.2, -0.15) is 9.29 Å². The minimum atomic E-state index is -3.64. The predicted molar refractivity (Wildman–Crippen MR) is 102 cm³/mol. The van der Waals surface area contributed by atoms with Crippen molar-refractivity contribution in [2.75, 3.05) is 13.1 Å². The third kappa shape index (κ3) is 3.80. The van der Waals surface area contributed by atoms with Crippen LogP contribution in [0.5, 0.6) is 0 Å². The van der Waals surface area contributed by atoms with Crippen LogP contribution < -0.4 is 0 Å². The number of benzene rings is 2. The van der Waals surface area contributed by atoms with Gasteiger partial charge in [0.05, 0.1) is 4.90 Å². The van der Waals surface area contributed by atoms with Gasteiger partial charge >= 0.3 is 0 Å².